The quantitative estimate of drug-likeness (QED) is 0.847. The Labute approximate surface area is 137 Å². The van der Waals surface area contributed by atoms with E-state index in [1.165, 1.54) is 5.56 Å². The van der Waals surface area contributed by atoms with Gasteiger partial charge in [0.15, 0.2) is 5.89 Å². The predicted octanol–water partition coefficient (Wildman–Crippen LogP) is 3.80. The predicted molar refractivity (Wildman–Crippen MR) is 90.7 cm³/mol. The van der Waals surface area contributed by atoms with Crippen LogP contribution in [0.4, 0.5) is 5.69 Å². The molecule has 3 rings (SSSR count). The van der Waals surface area contributed by atoms with E-state index in [0.29, 0.717) is 11.7 Å². The van der Waals surface area contributed by atoms with Crippen LogP contribution in [0.15, 0.2) is 28.7 Å². The smallest absolute Gasteiger partial charge is 0.234 e. The largest absolute Gasteiger partial charge is 0.444 e. The Morgan fingerprint density at radius 1 is 1.35 bits per heavy atom. The van der Waals surface area contributed by atoms with Gasteiger partial charge in [0.05, 0.1) is 12.1 Å². The number of amides is 1. The number of benzene rings is 1. The number of oxazole rings is 1. The summed E-state index contributed by atoms with van der Waals surface area (Å²) in [5.41, 5.74) is 2.92. The average molecular weight is 312 g/mol. The summed E-state index contributed by atoms with van der Waals surface area (Å²) in [6.07, 6.45) is 1.16. The zero-order valence-electron chi connectivity index (χ0n) is 14.5. The second-order valence-corrected chi connectivity index (χ2v) is 7.40. The zero-order chi connectivity index (χ0) is 16.8. The molecule has 1 atom stereocenters. The number of anilines is 1. The number of carbonyl (C=O) groups excluding carboxylic acids is 1. The Bertz CT molecular complexity index is 740. The monoisotopic (exact) mass is 312 g/mol. The molecule has 0 spiro atoms. The first-order valence-electron chi connectivity index (χ1n) is 8.14. The first-order chi connectivity index (χ1) is 10.8. The van der Waals surface area contributed by atoms with Crippen LogP contribution < -0.4 is 4.90 Å². The third kappa shape index (κ3) is 2.90. The Morgan fingerprint density at radius 2 is 2.04 bits per heavy atom. The van der Waals surface area contributed by atoms with E-state index in [4.69, 9.17) is 4.42 Å². The molecule has 1 aromatic carbocycles. The molecule has 122 valence electrons. The molecule has 1 unspecified atom stereocenters. The summed E-state index contributed by atoms with van der Waals surface area (Å²) < 4.78 is 5.87. The van der Waals surface area contributed by atoms with Crippen LogP contribution in [-0.4, -0.2) is 16.9 Å². The molecule has 23 heavy (non-hydrogen) atoms. The number of nitrogens with zero attached hydrogens (tertiary/aromatic N) is 2. The van der Waals surface area contributed by atoms with Gasteiger partial charge in [-0.1, -0.05) is 39.0 Å². The lowest BCUT2D eigenvalue weighted by atomic mass is 9.97. The molecule has 1 amide bonds. The highest BCUT2D eigenvalue weighted by molar-refractivity contribution is 5.97. The number of aromatic nitrogens is 1. The summed E-state index contributed by atoms with van der Waals surface area (Å²) in [4.78, 5) is 19.2. The summed E-state index contributed by atoms with van der Waals surface area (Å²) in [5, 5.41) is 0. The molecule has 2 heterocycles. The maximum Gasteiger partial charge on any atom is 0.234 e. The summed E-state index contributed by atoms with van der Waals surface area (Å²) in [6.45, 7) is 10.2. The normalized spacial score (nSPS) is 17.4. The van der Waals surface area contributed by atoms with Crippen LogP contribution in [0.2, 0.25) is 0 Å². The summed E-state index contributed by atoms with van der Waals surface area (Å²) in [7, 11) is 0. The molecule has 0 bridgehead atoms. The Kier molecular flexibility index (Phi) is 3.78. The molecule has 0 saturated heterocycles. The van der Waals surface area contributed by atoms with Crippen LogP contribution in [0.3, 0.4) is 0 Å². The second-order valence-electron chi connectivity index (χ2n) is 7.40. The summed E-state index contributed by atoms with van der Waals surface area (Å²) >= 11 is 0. The maximum absolute atomic E-state index is 12.8. The van der Waals surface area contributed by atoms with Gasteiger partial charge in [0, 0.05) is 17.1 Å². The number of carbonyl (C=O) groups is 1. The van der Waals surface area contributed by atoms with Gasteiger partial charge < -0.3 is 9.32 Å². The lowest BCUT2D eigenvalue weighted by Crippen LogP contribution is -2.36. The third-order valence-electron chi connectivity index (χ3n) is 4.32. The highest BCUT2D eigenvalue weighted by atomic mass is 16.4. The van der Waals surface area contributed by atoms with E-state index >= 15 is 0 Å². The number of hydrogen-bond acceptors (Lipinski definition) is 3. The number of rotatable bonds is 2. The molecule has 0 N–H and O–H groups in total. The van der Waals surface area contributed by atoms with Crippen molar-refractivity contribution in [1.82, 2.24) is 4.98 Å². The van der Waals surface area contributed by atoms with E-state index in [-0.39, 0.29) is 23.8 Å². The zero-order valence-corrected chi connectivity index (χ0v) is 14.5. The van der Waals surface area contributed by atoms with Crippen LogP contribution in [-0.2, 0) is 23.1 Å². The van der Waals surface area contributed by atoms with Gasteiger partial charge in [0.2, 0.25) is 5.91 Å². The maximum atomic E-state index is 12.8. The lowest BCUT2D eigenvalue weighted by Gasteiger charge is -2.22. The van der Waals surface area contributed by atoms with Crippen molar-refractivity contribution in [2.45, 2.75) is 58.9 Å². The fraction of sp³-hybridized carbons (Fsp3) is 0.474. The molecular weight excluding hydrogens is 288 g/mol. The van der Waals surface area contributed by atoms with Crippen LogP contribution in [0.5, 0.6) is 0 Å². The lowest BCUT2D eigenvalue weighted by molar-refractivity contribution is -0.118. The van der Waals surface area contributed by atoms with E-state index in [1.54, 1.807) is 0 Å². The van der Waals surface area contributed by atoms with Crippen molar-refractivity contribution in [1.29, 1.82) is 0 Å². The standard InChI is InChI=1S/C19H24N2O2/c1-12-10-14-8-6-7-9-15(14)21(12)17(22)11-16-13(2)20-18(23-16)19(3,4)5/h6-9,12H,10-11H2,1-5H3. The first-order valence-corrected chi connectivity index (χ1v) is 8.14. The van der Waals surface area contributed by atoms with Gasteiger partial charge >= 0.3 is 0 Å². The molecular formula is C19H24N2O2. The van der Waals surface area contributed by atoms with Crippen molar-refractivity contribution in [2.24, 2.45) is 0 Å². The Balaban J connectivity index is 1.84. The highest BCUT2D eigenvalue weighted by Gasteiger charge is 2.32. The van der Waals surface area contributed by atoms with Gasteiger partial charge in [-0.2, -0.15) is 0 Å². The van der Waals surface area contributed by atoms with Crippen molar-refractivity contribution in [2.75, 3.05) is 4.90 Å². The fourth-order valence-corrected chi connectivity index (χ4v) is 3.08. The molecule has 0 fully saturated rings. The minimum absolute atomic E-state index is 0.0714. The molecule has 1 aliphatic rings. The van der Waals surface area contributed by atoms with Gasteiger partial charge in [0.25, 0.3) is 0 Å². The van der Waals surface area contributed by atoms with Crippen molar-refractivity contribution < 1.29 is 9.21 Å². The average Bonchev–Trinajstić information content (AvgIpc) is 2.98. The van der Waals surface area contributed by atoms with Gasteiger partial charge in [0.1, 0.15) is 5.76 Å². The third-order valence-corrected chi connectivity index (χ3v) is 4.32. The second kappa shape index (κ2) is 5.52. The highest BCUT2D eigenvalue weighted by Crippen LogP contribution is 2.33. The van der Waals surface area contributed by atoms with Gasteiger partial charge in [-0.15, -0.1) is 0 Å². The molecule has 2 aromatic rings. The van der Waals surface area contributed by atoms with Crippen LogP contribution >= 0.6 is 0 Å². The molecule has 0 saturated carbocycles. The first kappa shape index (κ1) is 15.8. The van der Waals surface area contributed by atoms with Crippen LogP contribution in [0.1, 0.15) is 50.6 Å². The van der Waals surface area contributed by atoms with E-state index in [1.807, 2.05) is 30.0 Å². The van der Waals surface area contributed by atoms with Crippen molar-refractivity contribution in [3.63, 3.8) is 0 Å². The van der Waals surface area contributed by atoms with E-state index in [2.05, 4.69) is 38.7 Å². The fourth-order valence-electron chi connectivity index (χ4n) is 3.08. The molecule has 1 aromatic heterocycles. The Morgan fingerprint density at radius 3 is 2.70 bits per heavy atom. The van der Waals surface area contributed by atoms with Gasteiger partial charge in [-0.05, 0) is 31.9 Å². The van der Waals surface area contributed by atoms with E-state index in [9.17, 15) is 4.79 Å². The van der Waals surface area contributed by atoms with Gasteiger partial charge in [-0.25, -0.2) is 4.98 Å². The molecule has 0 radical (unpaired) electrons. The number of para-hydroxylation sites is 1. The van der Waals surface area contributed by atoms with Gasteiger partial charge in [-0.3, -0.25) is 4.79 Å². The Hall–Kier alpha value is -2.10. The minimum Gasteiger partial charge on any atom is -0.444 e. The van der Waals surface area contributed by atoms with Crippen LogP contribution in [0, 0.1) is 6.92 Å². The van der Waals surface area contributed by atoms with Crippen molar-refractivity contribution in [3.05, 3.63) is 47.2 Å². The molecule has 1 aliphatic heterocycles. The number of aryl methyl sites for hydroxylation is 1. The van der Waals surface area contributed by atoms with E-state index in [0.717, 1.165) is 17.8 Å². The van der Waals surface area contributed by atoms with Crippen LogP contribution in [0.25, 0.3) is 0 Å². The summed E-state index contributed by atoms with van der Waals surface area (Å²) in [5.74, 6) is 1.44. The van der Waals surface area contributed by atoms with Crippen molar-refractivity contribution in [3.8, 4) is 0 Å². The molecule has 4 nitrogen and oxygen atoms in total. The molecule has 4 heteroatoms. The number of hydrogen-bond donors (Lipinski definition) is 0. The van der Waals surface area contributed by atoms with Crippen molar-refractivity contribution >= 4 is 11.6 Å². The minimum atomic E-state index is -0.153. The summed E-state index contributed by atoms with van der Waals surface area (Å²) in [6, 6.07) is 8.30. The van der Waals surface area contributed by atoms with E-state index < -0.39 is 0 Å². The molecule has 0 aliphatic carbocycles. The SMILES string of the molecule is Cc1nc(C(C)(C)C)oc1CC(=O)N1c2ccccc2CC1C. The number of fused-ring (bicyclic) bond motifs is 1. The topological polar surface area (TPSA) is 46.3 Å².